The molecule has 1 unspecified atom stereocenters. The van der Waals surface area contributed by atoms with Gasteiger partial charge in [-0.15, -0.1) is 0 Å². The average molecular weight is 177 g/mol. The van der Waals surface area contributed by atoms with Gasteiger partial charge in [-0.05, 0) is 19.4 Å². The van der Waals surface area contributed by atoms with E-state index in [9.17, 15) is 8.78 Å². The second-order valence-electron chi connectivity index (χ2n) is 3.51. The van der Waals surface area contributed by atoms with Gasteiger partial charge in [-0.2, -0.15) is 0 Å². The SMILES string of the molecule is CCC(F)(F)C1CCCCNC1. The zero-order valence-corrected chi connectivity index (χ0v) is 7.58. The van der Waals surface area contributed by atoms with Gasteiger partial charge in [0, 0.05) is 18.9 Å². The van der Waals surface area contributed by atoms with Crippen molar-refractivity contribution >= 4 is 0 Å². The molecule has 72 valence electrons. The van der Waals surface area contributed by atoms with Crippen LogP contribution in [-0.4, -0.2) is 19.0 Å². The van der Waals surface area contributed by atoms with E-state index in [1.165, 1.54) is 0 Å². The molecule has 0 saturated carbocycles. The normalized spacial score (nSPS) is 26.8. The molecule has 1 N–H and O–H groups in total. The zero-order chi connectivity index (χ0) is 9.03. The summed E-state index contributed by atoms with van der Waals surface area (Å²) in [6.45, 7) is 2.95. The summed E-state index contributed by atoms with van der Waals surface area (Å²) in [4.78, 5) is 0. The van der Waals surface area contributed by atoms with Crippen molar-refractivity contribution in [2.45, 2.75) is 38.5 Å². The lowest BCUT2D eigenvalue weighted by molar-refractivity contribution is -0.0619. The van der Waals surface area contributed by atoms with E-state index in [1.807, 2.05) is 0 Å². The van der Waals surface area contributed by atoms with Crippen LogP contribution in [0.3, 0.4) is 0 Å². The summed E-state index contributed by atoms with van der Waals surface area (Å²) in [6, 6.07) is 0. The Morgan fingerprint density at radius 1 is 1.42 bits per heavy atom. The Hall–Kier alpha value is -0.180. The summed E-state index contributed by atoms with van der Waals surface area (Å²) < 4.78 is 26.4. The third kappa shape index (κ3) is 2.41. The molecule has 1 nitrogen and oxygen atoms in total. The number of hydrogen-bond acceptors (Lipinski definition) is 1. The first kappa shape index (κ1) is 9.90. The first-order chi connectivity index (χ1) is 5.67. The fourth-order valence-electron chi connectivity index (χ4n) is 1.67. The van der Waals surface area contributed by atoms with Crippen LogP contribution in [0, 0.1) is 5.92 Å². The Kier molecular flexibility index (Phi) is 3.44. The van der Waals surface area contributed by atoms with Crippen molar-refractivity contribution in [1.82, 2.24) is 5.32 Å². The topological polar surface area (TPSA) is 12.0 Å². The largest absolute Gasteiger partial charge is 0.316 e. The molecule has 1 heterocycles. The minimum absolute atomic E-state index is 0.0284. The maximum absolute atomic E-state index is 13.2. The van der Waals surface area contributed by atoms with E-state index in [0.717, 1.165) is 19.4 Å². The van der Waals surface area contributed by atoms with Crippen molar-refractivity contribution in [3.63, 3.8) is 0 Å². The second kappa shape index (κ2) is 4.17. The van der Waals surface area contributed by atoms with Crippen LogP contribution in [0.1, 0.15) is 32.6 Å². The Morgan fingerprint density at radius 3 is 2.83 bits per heavy atom. The number of alkyl halides is 2. The number of rotatable bonds is 2. The van der Waals surface area contributed by atoms with E-state index in [1.54, 1.807) is 6.92 Å². The molecule has 0 amide bonds. The summed E-state index contributed by atoms with van der Waals surface area (Å²) in [5.41, 5.74) is 0. The highest BCUT2D eigenvalue weighted by molar-refractivity contribution is 4.79. The Bertz CT molecular complexity index is 128. The fraction of sp³-hybridized carbons (Fsp3) is 1.00. The van der Waals surface area contributed by atoms with Gasteiger partial charge in [-0.25, -0.2) is 8.78 Å². The average Bonchev–Trinajstić information content (AvgIpc) is 2.32. The van der Waals surface area contributed by atoms with Crippen molar-refractivity contribution in [2.75, 3.05) is 13.1 Å². The molecule has 1 aliphatic heterocycles. The molecule has 0 radical (unpaired) electrons. The minimum atomic E-state index is -2.46. The molecule has 1 fully saturated rings. The maximum Gasteiger partial charge on any atom is 0.251 e. The molecule has 0 spiro atoms. The fourth-order valence-corrected chi connectivity index (χ4v) is 1.67. The predicted molar refractivity (Wildman–Crippen MR) is 45.4 cm³/mol. The van der Waals surface area contributed by atoms with Gasteiger partial charge in [0.15, 0.2) is 0 Å². The number of hydrogen-bond donors (Lipinski definition) is 1. The van der Waals surface area contributed by atoms with Crippen molar-refractivity contribution in [3.8, 4) is 0 Å². The molecular weight excluding hydrogens is 160 g/mol. The van der Waals surface area contributed by atoms with Gasteiger partial charge in [0.1, 0.15) is 0 Å². The molecule has 0 aromatic rings. The third-order valence-corrected chi connectivity index (χ3v) is 2.62. The van der Waals surface area contributed by atoms with Gasteiger partial charge >= 0.3 is 0 Å². The summed E-state index contributed by atoms with van der Waals surface area (Å²) in [7, 11) is 0. The zero-order valence-electron chi connectivity index (χ0n) is 7.58. The van der Waals surface area contributed by atoms with Gasteiger partial charge in [-0.3, -0.25) is 0 Å². The molecule has 1 rings (SSSR count). The highest BCUT2D eigenvalue weighted by Crippen LogP contribution is 2.32. The molecule has 1 atom stereocenters. The minimum Gasteiger partial charge on any atom is -0.316 e. The van der Waals surface area contributed by atoms with E-state index >= 15 is 0 Å². The molecule has 1 saturated heterocycles. The van der Waals surface area contributed by atoms with E-state index in [4.69, 9.17) is 0 Å². The molecule has 0 aromatic heterocycles. The highest BCUT2D eigenvalue weighted by Gasteiger charge is 2.37. The molecule has 0 aliphatic carbocycles. The monoisotopic (exact) mass is 177 g/mol. The van der Waals surface area contributed by atoms with Crippen molar-refractivity contribution in [2.24, 2.45) is 5.92 Å². The molecular formula is C9H17F2N. The smallest absolute Gasteiger partial charge is 0.251 e. The maximum atomic E-state index is 13.2. The third-order valence-electron chi connectivity index (χ3n) is 2.62. The Balaban J connectivity index is 2.47. The van der Waals surface area contributed by atoms with Crippen LogP contribution in [0.2, 0.25) is 0 Å². The van der Waals surface area contributed by atoms with Gasteiger partial charge in [0.2, 0.25) is 0 Å². The van der Waals surface area contributed by atoms with Crippen LogP contribution in [0.4, 0.5) is 8.78 Å². The lowest BCUT2D eigenvalue weighted by Crippen LogP contribution is -2.34. The summed E-state index contributed by atoms with van der Waals surface area (Å²) in [5.74, 6) is -2.90. The van der Waals surface area contributed by atoms with Crippen LogP contribution in [-0.2, 0) is 0 Å². The van der Waals surface area contributed by atoms with Gasteiger partial charge < -0.3 is 5.32 Å². The summed E-state index contributed by atoms with van der Waals surface area (Å²) in [6.07, 6.45) is 2.62. The quantitative estimate of drug-likeness (QED) is 0.683. The molecule has 3 heteroatoms. The predicted octanol–water partition coefficient (Wildman–Crippen LogP) is 2.42. The van der Waals surface area contributed by atoms with E-state index in [2.05, 4.69) is 5.32 Å². The van der Waals surface area contributed by atoms with Crippen LogP contribution < -0.4 is 5.32 Å². The Morgan fingerprint density at radius 2 is 2.17 bits per heavy atom. The van der Waals surface area contributed by atoms with Gasteiger partial charge in [0.05, 0.1) is 0 Å². The highest BCUT2D eigenvalue weighted by atomic mass is 19.3. The number of nitrogens with one attached hydrogen (secondary N) is 1. The lowest BCUT2D eigenvalue weighted by Gasteiger charge is -2.24. The summed E-state index contributed by atoms with van der Waals surface area (Å²) in [5, 5.41) is 3.06. The molecule has 12 heavy (non-hydrogen) atoms. The van der Waals surface area contributed by atoms with E-state index in [-0.39, 0.29) is 6.42 Å². The van der Waals surface area contributed by atoms with Crippen molar-refractivity contribution in [3.05, 3.63) is 0 Å². The van der Waals surface area contributed by atoms with Crippen LogP contribution in [0.15, 0.2) is 0 Å². The molecule has 0 bridgehead atoms. The van der Waals surface area contributed by atoms with Crippen LogP contribution in [0.5, 0.6) is 0 Å². The number of halogens is 2. The summed E-state index contributed by atoms with van der Waals surface area (Å²) >= 11 is 0. The van der Waals surface area contributed by atoms with E-state index < -0.39 is 11.8 Å². The van der Waals surface area contributed by atoms with Crippen molar-refractivity contribution in [1.29, 1.82) is 0 Å². The van der Waals surface area contributed by atoms with Gasteiger partial charge in [-0.1, -0.05) is 13.3 Å². The molecule has 1 aliphatic rings. The van der Waals surface area contributed by atoms with Crippen LogP contribution in [0.25, 0.3) is 0 Å². The van der Waals surface area contributed by atoms with Crippen LogP contribution >= 0.6 is 0 Å². The molecule has 0 aromatic carbocycles. The van der Waals surface area contributed by atoms with Crippen molar-refractivity contribution < 1.29 is 8.78 Å². The lowest BCUT2D eigenvalue weighted by atomic mass is 9.94. The second-order valence-corrected chi connectivity index (χ2v) is 3.51. The van der Waals surface area contributed by atoms with E-state index in [0.29, 0.717) is 13.0 Å². The standard InChI is InChI=1S/C9H17F2N/c1-2-9(10,11)8-5-3-4-6-12-7-8/h8,12H,2-7H2,1H3. The first-order valence-electron chi connectivity index (χ1n) is 4.75. The first-order valence-corrected chi connectivity index (χ1v) is 4.75. The Labute approximate surface area is 72.5 Å². The van der Waals surface area contributed by atoms with Gasteiger partial charge in [0.25, 0.3) is 5.92 Å².